The molecule has 0 radical (unpaired) electrons. The molecule has 3 rings (SSSR count). The minimum absolute atomic E-state index is 0.132. The molecule has 1 aromatic rings. The molecule has 0 bridgehead atoms. The highest BCUT2D eigenvalue weighted by Gasteiger charge is 2.68. The molecule has 0 spiro atoms. The van der Waals surface area contributed by atoms with Crippen molar-refractivity contribution in [1.29, 1.82) is 5.26 Å². The standard InChI is InChI=1S/C17H19NO/c1-11-8-14-15(9-19)16(2,3)17(14,10-18)13-7-5-4-6-12(11)13/h4-8,14-15,19H,9H2,1-3H3/t14-,15+,17-/m0/s1. The van der Waals surface area contributed by atoms with Crippen molar-refractivity contribution in [3.63, 3.8) is 0 Å². The molecule has 1 fully saturated rings. The largest absolute Gasteiger partial charge is 0.396 e. The molecule has 1 N–H and O–H groups in total. The number of aliphatic hydroxyl groups excluding tert-OH is 1. The summed E-state index contributed by atoms with van der Waals surface area (Å²) in [6, 6.07) is 10.8. The number of aliphatic hydroxyl groups is 1. The van der Waals surface area contributed by atoms with Crippen molar-refractivity contribution < 1.29 is 5.11 Å². The predicted molar refractivity (Wildman–Crippen MR) is 75.2 cm³/mol. The maximum absolute atomic E-state index is 9.89. The van der Waals surface area contributed by atoms with E-state index in [1.165, 1.54) is 11.1 Å². The number of nitriles is 1. The van der Waals surface area contributed by atoms with E-state index in [1.54, 1.807) is 0 Å². The van der Waals surface area contributed by atoms with Crippen molar-refractivity contribution in [2.75, 3.05) is 6.61 Å². The Labute approximate surface area is 114 Å². The molecule has 3 atom stereocenters. The van der Waals surface area contributed by atoms with E-state index in [2.05, 4.69) is 45.0 Å². The number of fused-ring (bicyclic) bond motifs is 3. The van der Waals surface area contributed by atoms with Crippen LogP contribution in [0.2, 0.25) is 0 Å². The van der Waals surface area contributed by atoms with Crippen LogP contribution < -0.4 is 0 Å². The SMILES string of the molecule is CC1=C[C@H]2[C@@H](CO)C(C)(C)[C@@]2(C#N)c2ccccc21. The smallest absolute Gasteiger partial charge is 0.0948 e. The van der Waals surface area contributed by atoms with Gasteiger partial charge in [-0.1, -0.05) is 44.2 Å². The molecule has 0 heterocycles. The number of allylic oxidation sites excluding steroid dienone is 2. The predicted octanol–water partition coefficient (Wildman–Crippen LogP) is 3.13. The van der Waals surface area contributed by atoms with Gasteiger partial charge in [0.25, 0.3) is 0 Å². The molecule has 2 aliphatic rings. The maximum Gasteiger partial charge on any atom is 0.0948 e. The van der Waals surface area contributed by atoms with Crippen molar-refractivity contribution in [3.8, 4) is 6.07 Å². The Hall–Kier alpha value is -1.59. The van der Waals surface area contributed by atoms with Gasteiger partial charge in [0.1, 0.15) is 0 Å². The van der Waals surface area contributed by atoms with Crippen LogP contribution in [0.25, 0.3) is 5.57 Å². The molecule has 0 aliphatic heterocycles. The van der Waals surface area contributed by atoms with Gasteiger partial charge in [-0.05, 0) is 35.0 Å². The van der Waals surface area contributed by atoms with Gasteiger partial charge in [0.15, 0.2) is 0 Å². The van der Waals surface area contributed by atoms with Crippen molar-refractivity contribution in [3.05, 3.63) is 41.5 Å². The first-order valence-corrected chi connectivity index (χ1v) is 6.81. The third-order valence-corrected chi connectivity index (χ3v) is 5.46. The Morgan fingerprint density at radius 2 is 2.00 bits per heavy atom. The van der Waals surface area contributed by atoms with Gasteiger partial charge < -0.3 is 5.11 Å². The Morgan fingerprint density at radius 3 is 2.63 bits per heavy atom. The second-order valence-electron chi connectivity index (χ2n) is 6.35. The first-order chi connectivity index (χ1) is 9.00. The van der Waals surface area contributed by atoms with E-state index in [9.17, 15) is 10.4 Å². The number of nitrogens with zero attached hydrogens (tertiary/aromatic N) is 1. The van der Waals surface area contributed by atoms with Gasteiger partial charge in [0, 0.05) is 12.5 Å². The summed E-state index contributed by atoms with van der Waals surface area (Å²) in [6.07, 6.45) is 2.19. The summed E-state index contributed by atoms with van der Waals surface area (Å²) in [5, 5.41) is 19.6. The van der Waals surface area contributed by atoms with Crippen molar-refractivity contribution in [1.82, 2.24) is 0 Å². The van der Waals surface area contributed by atoms with Crippen LogP contribution in [0.3, 0.4) is 0 Å². The summed E-state index contributed by atoms with van der Waals surface area (Å²) in [4.78, 5) is 0. The molecule has 2 heteroatoms. The summed E-state index contributed by atoms with van der Waals surface area (Å²) in [7, 11) is 0. The van der Waals surface area contributed by atoms with E-state index in [-0.39, 0.29) is 23.9 Å². The first-order valence-electron chi connectivity index (χ1n) is 6.81. The zero-order chi connectivity index (χ0) is 13.8. The summed E-state index contributed by atoms with van der Waals surface area (Å²) < 4.78 is 0. The average molecular weight is 253 g/mol. The highest BCUT2D eigenvalue weighted by atomic mass is 16.3. The lowest BCUT2D eigenvalue weighted by Gasteiger charge is -2.64. The molecule has 0 aromatic heterocycles. The van der Waals surface area contributed by atoms with Gasteiger partial charge >= 0.3 is 0 Å². The molecular weight excluding hydrogens is 234 g/mol. The summed E-state index contributed by atoms with van der Waals surface area (Å²) in [5.74, 6) is 0.294. The van der Waals surface area contributed by atoms with Gasteiger partial charge in [-0.15, -0.1) is 0 Å². The highest BCUT2D eigenvalue weighted by molar-refractivity contribution is 5.74. The van der Waals surface area contributed by atoms with Gasteiger partial charge in [0.05, 0.1) is 11.5 Å². The minimum Gasteiger partial charge on any atom is -0.396 e. The molecule has 19 heavy (non-hydrogen) atoms. The topological polar surface area (TPSA) is 44.0 Å². The number of rotatable bonds is 1. The Morgan fingerprint density at radius 1 is 1.32 bits per heavy atom. The van der Waals surface area contributed by atoms with E-state index in [0.29, 0.717) is 0 Å². The van der Waals surface area contributed by atoms with Crippen LogP contribution in [0.5, 0.6) is 0 Å². The number of hydrogen-bond acceptors (Lipinski definition) is 2. The Balaban J connectivity index is 2.28. The fourth-order valence-electron chi connectivity index (χ4n) is 4.29. The quantitative estimate of drug-likeness (QED) is 0.835. The normalized spacial score (nSPS) is 34.4. The van der Waals surface area contributed by atoms with Crippen molar-refractivity contribution in [2.24, 2.45) is 17.3 Å². The number of benzene rings is 1. The molecule has 0 saturated heterocycles. The number of hydrogen-bond donors (Lipinski definition) is 1. The monoisotopic (exact) mass is 253 g/mol. The third kappa shape index (κ3) is 1.19. The van der Waals surface area contributed by atoms with E-state index < -0.39 is 5.41 Å². The minimum atomic E-state index is -0.490. The van der Waals surface area contributed by atoms with Gasteiger partial charge in [-0.25, -0.2) is 0 Å². The second kappa shape index (κ2) is 3.71. The average Bonchev–Trinajstić information content (AvgIpc) is 2.39. The second-order valence-corrected chi connectivity index (χ2v) is 6.35. The summed E-state index contributed by atoms with van der Waals surface area (Å²) in [5.41, 5.74) is 2.85. The fraction of sp³-hybridized carbons (Fsp3) is 0.471. The zero-order valence-corrected chi connectivity index (χ0v) is 11.6. The third-order valence-electron chi connectivity index (χ3n) is 5.46. The zero-order valence-electron chi connectivity index (χ0n) is 11.6. The molecule has 0 unspecified atom stereocenters. The molecule has 0 amide bonds. The lowest BCUT2D eigenvalue weighted by molar-refractivity contribution is -0.0968. The molecule has 98 valence electrons. The van der Waals surface area contributed by atoms with E-state index in [0.717, 1.165) is 5.56 Å². The van der Waals surface area contributed by atoms with Crippen LogP contribution in [0.4, 0.5) is 0 Å². The van der Waals surface area contributed by atoms with Crippen LogP contribution in [-0.2, 0) is 5.41 Å². The van der Waals surface area contributed by atoms with Crippen LogP contribution in [0, 0.1) is 28.6 Å². The lowest BCUT2D eigenvalue weighted by Crippen LogP contribution is -2.66. The first kappa shape index (κ1) is 12.4. The summed E-state index contributed by atoms with van der Waals surface area (Å²) >= 11 is 0. The van der Waals surface area contributed by atoms with E-state index in [4.69, 9.17) is 0 Å². The van der Waals surface area contributed by atoms with Crippen LogP contribution in [0.1, 0.15) is 31.9 Å². The summed E-state index contributed by atoms with van der Waals surface area (Å²) in [6.45, 7) is 6.46. The van der Waals surface area contributed by atoms with Crippen molar-refractivity contribution >= 4 is 5.57 Å². The van der Waals surface area contributed by atoms with Gasteiger partial charge in [0.2, 0.25) is 0 Å². The fourth-order valence-corrected chi connectivity index (χ4v) is 4.29. The Bertz CT molecular complexity index is 608. The van der Waals surface area contributed by atoms with Gasteiger partial charge in [-0.3, -0.25) is 0 Å². The highest BCUT2D eigenvalue weighted by Crippen LogP contribution is 2.67. The van der Waals surface area contributed by atoms with Gasteiger partial charge in [-0.2, -0.15) is 5.26 Å². The van der Waals surface area contributed by atoms with Crippen LogP contribution in [0.15, 0.2) is 30.3 Å². The maximum atomic E-state index is 9.89. The van der Waals surface area contributed by atoms with E-state index >= 15 is 0 Å². The molecule has 1 aromatic carbocycles. The lowest BCUT2D eigenvalue weighted by atomic mass is 9.36. The molecular formula is C17H19NO. The Kier molecular flexibility index (Phi) is 2.43. The molecule has 1 saturated carbocycles. The van der Waals surface area contributed by atoms with Crippen LogP contribution >= 0.6 is 0 Å². The molecule has 2 aliphatic carbocycles. The van der Waals surface area contributed by atoms with Crippen LogP contribution in [-0.4, -0.2) is 11.7 Å². The molecule has 2 nitrogen and oxygen atoms in total. The van der Waals surface area contributed by atoms with Crippen molar-refractivity contribution in [2.45, 2.75) is 26.2 Å². The van der Waals surface area contributed by atoms with E-state index in [1.807, 2.05) is 12.1 Å².